The Bertz CT molecular complexity index is 1210. The maximum absolute atomic E-state index is 13.3. The molecule has 0 spiro atoms. The molecule has 0 radical (unpaired) electrons. The highest BCUT2D eigenvalue weighted by atomic mass is 32.2. The minimum Gasteiger partial charge on any atom is -0.494 e. The Hall–Kier alpha value is -3.23. The van der Waals surface area contributed by atoms with E-state index in [9.17, 15) is 4.79 Å². The number of benzene rings is 3. The Morgan fingerprint density at radius 1 is 0.969 bits per heavy atom. The van der Waals surface area contributed by atoms with Gasteiger partial charge in [0.05, 0.1) is 23.7 Å². The van der Waals surface area contributed by atoms with E-state index in [1.807, 2.05) is 79.7 Å². The van der Waals surface area contributed by atoms with Crippen LogP contribution < -0.4 is 9.64 Å². The van der Waals surface area contributed by atoms with Crippen molar-refractivity contribution in [1.82, 2.24) is 10.2 Å². The predicted octanol–water partition coefficient (Wildman–Crippen LogP) is 6.06. The summed E-state index contributed by atoms with van der Waals surface area (Å²) in [5.74, 6) is 1.33. The number of hydrogen-bond donors (Lipinski definition) is 0. The number of hydrogen-bond acceptors (Lipinski definition) is 7. The number of carbonyl (C=O) groups is 1. The molecule has 1 aliphatic rings. The van der Waals surface area contributed by atoms with Crippen molar-refractivity contribution in [3.8, 4) is 17.2 Å². The Morgan fingerprint density at radius 2 is 1.62 bits per heavy atom. The number of rotatable bonds is 6. The first-order valence-corrected chi connectivity index (χ1v) is 11.9. The lowest BCUT2D eigenvalue weighted by molar-refractivity contribution is -0.115. The maximum Gasteiger partial charge on any atom is 0.277 e. The van der Waals surface area contributed by atoms with Gasteiger partial charge < -0.3 is 9.15 Å². The van der Waals surface area contributed by atoms with E-state index in [1.165, 1.54) is 11.8 Å². The molecule has 0 aliphatic carbocycles. The van der Waals surface area contributed by atoms with Gasteiger partial charge in [-0.3, -0.25) is 9.69 Å². The van der Waals surface area contributed by atoms with E-state index in [4.69, 9.17) is 9.15 Å². The summed E-state index contributed by atoms with van der Waals surface area (Å²) < 4.78 is 11.2. The fraction of sp³-hybridized carbons (Fsp3) is 0.125. The topological polar surface area (TPSA) is 68.5 Å². The van der Waals surface area contributed by atoms with Crippen molar-refractivity contribution in [3.63, 3.8) is 0 Å². The Balaban J connectivity index is 1.32. The first-order chi connectivity index (χ1) is 15.7. The number of fused-ring (bicyclic) bond motifs is 2. The molecule has 2 heterocycles. The molecule has 0 fully saturated rings. The van der Waals surface area contributed by atoms with E-state index >= 15 is 0 Å². The number of carbonyl (C=O) groups excluding carboxylic acids is 1. The minimum absolute atomic E-state index is 0.0454. The predicted molar refractivity (Wildman–Crippen MR) is 126 cm³/mol. The highest BCUT2D eigenvalue weighted by Crippen LogP contribution is 2.48. The van der Waals surface area contributed by atoms with Gasteiger partial charge in [-0.25, -0.2) is 0 Å². The van der Waals surface area contributed by atoms with E-state index in [-0.39, 0.29) is 11.7 Å². The van der Waals surface area contributed by atoms with Crippen LogP contribution >= 0.6 is 23.5 Å². The molecule has 1 amide bonds. The quantitative estimate of drug-likeness (QED) is 0.323. The molecule has 1 aliphatic heterocycles. The molecule has 1 aromatic heterocycles. The molecule has 0 saturated carbocycles. The second kappa shape index (κ2) is 9.10. The zero-order valence-corrected chi connectivity index (χ0v) is 18.9. The zero-order chi connectivity index (χ0) is 21.9. The van der Waals surface area contributed by atoms with Crippen LogP contribution in [0.1, 0.15) is 6.92 Å². The fourth-order valence-corrected chi connectivity index (χ4v) is 5.08. The van der Waals surface area contributed by atoms with Crippen molar-refractivity contribution in [1.29, 1.82) is 0 Å². The van der Waals surface area contributed by atoms with Crippen LogP contribution in [0.2, 0.25) is 0 Å². The van der Waals surface area contributed by atoms with Crippen molar-refractivity contribution >= 4 is 40.8 Å². The third-order valence-corrected chi connectivity index (χ3v) is 6.75. The van der Waals surface area contributed by atoms with Crippen LogP contribution in [0, 0.1) is 0 Å². The number of para-hydroxylation sites is 2. The number of anilines is 2. The van der Waals surface area contributed by atoms with Crippen LogP contribution in [0.4, 0.5) is 11.4 Å². The summed E-state index contributed by atoms with van der Waals surface area (Å²) in [4.78, 5) is 17.2. The Morgan fingerprint density at radius 3 is 2.28 bits per heavy atom. The molecule has 0 unspecified atom stereocenters. The SMILES string of the molecule is CCOc1ccc(-c2nnc(SCC(=O)N3c4ccccc4Sc4ccccc43)o2)cc1. The van der Waals surface area contributed by atoms with Gasteiger partial charge in [0.2, 0.25) is 11.8 Å². The lowest BCUT2D eigenvalue weighted by atomic mass is 10.2. The van der Waals surface area contributed by atoms with Crippen molar-refractivity contribution in [3.05, 3.63) is 72.8 Å². The van der Waals surface area contributed by atoms with Gasteiger partial charge in [0.1, 0.15) is 5.75 Å². The average molecular weight is 462 g/mol. The lowest BCUT2D eigenvalue weighted by Gasteiger charge is -2.30. The molecule has 5 rings (SSSR count). The summed E-state index contributed by atoms with van der Waals surface area (Å²) in [6.45, 7) is 2.55. The molecule has 0 bridgehead atoms. The lowest BCUT2D eigenvalue weighted by Crippen LogP contribution is -2.29. The monoisotopic (exact) mass is 461 g/mol. The third kappa shape index (κ3) is 4.11. The summed E-state index contributed by atoms with van der Waals surface area (Å²) in [5, 5.41) is 8.57. The molecule has 8 heteroatoms. The maximum atomic E-state index is 13.3. The highest BCUT2D eigenvalue weighted by molar-refractivity contribution is 8.00. The van der Waals surface area contributed by atoms with E-state index in [0.29, 0.717) is 17.7 Å². The van der Waals surface area contributed by atoms with Crippen LogP contribution in [0.5, 0.6) is 5.75 Å². The standard InChI is InChI=1S/C24H19N3O3S2/c1-2-29-17-13-11-16(12-14-17)23-25-26-24(30-23)31-15-22(28)27-18-7-3-5-9-20(18)32-21-10-6-4-8-19(21)27/h3-14H,2,15H2,1H3. The normalized spacial score (nSPS) is 12.2. The first kappa shape index (κ1) is 20.7. The number of aromatic nitrogens is 2. The largest absolute Gasteiger partial charge is 0.494 e. The van der Waals surface area contributed by atoms with Gasteiger partial charge in [0.25, 0.3) is 5.22 Å². The summed E-state index contributed by atoms with van der Waals surface area (Å²) in [5.41, 5.74) is 2.58. The Labute approximate surface area is 194 Å². The van der Waals surface area contributed by atoms with E-state index in [0.717, 1.165) is 32.5 Å². The molecule has 32 heavy (non-hydrogen) atoms. The summed E-state index contributed by atoms with van der Waals surface area (Å²) in [7, 11) is 0. The summed E-state index contributed by atoms with van der Waals surface area (Å²) in [6.07, 6.45) is 0. The molecule has 0 saturated heterocycles. The summed E-state index contributed by atoms with van der Waals surface area (Å²) in [6, 6.07) is 23.3. The second-order valence-electron chi connectivity index (χ2n) is 6.89. The number of thioether (sulfide) groups is 1. The number of ether oxygens (including phenoxy) is 1. The van der Waals surface area contributed by atoms with E-state index in [2.05, 4.69) is 10.2 Å². The number of nitrogens with zero attached hydrogens (tertiary/aromatic N) is 3. The first-order valence-electron chi connectivity index (χ1n) is 10.1. The molecular weight excluding hydrogens is 442 g/mol. The van der Waals surface area contributed by atoms with Crippen LogP contribution in [0.25, 0.3) is 11.5 Å². The van der Waals surface area contributed by atoms with Gasteiger partial charge in [0, 0.05) is 15.4 Å². The van der Waals surface area contributed by atoms with Crippen molar-refractivity contribution in [2.24, 2.45) is 0 Å². The van der Waals surface area contributed by atoms with Gasteiger partial charge in [-0.2, -0.15) is 0 Å². The Kier molecular flexibility index (Phi) is 5.87. The second-order valence-corrected chi connectivity index (χ2v) is 8.90. The smallest absolute Gasteiger partial charge is 0.277 e. The average Bonchev–Trinajstić information content (AvgIpc) is 3.31. The van der Waals surface area contributed by atoms with Gasteiger partial charge in [-0.05, 0) is 55.5 Å². The molecule has 4 aromatic rings. The van der Waals surface area contributed by atoms with Crippen molar-refractivity contribution in [2.75, 3.05) is 17.3 Å². The fourth-order valence-electron chi connectivity index (χ4n) is 3.41. The molecule has 0 atom stereocenters. The van der Waals surface area contributed by atoms with Crippen LogP contribution in [0.3, 0.4) is 0 Å². The van der Waals surface area contributed by atoms with Crippen LogP contribution in [-0.2, 0) is 4.79 Å². The minimum atomic E-state index is -0.0454. The summed E-state index contributed by atoms with van der Waals surface area (Å²) >= 11 is 2.91. The van der Waals surface area contributed by atoms with Gasteiger partial charge in [-0.1, -0.05) is 47.8 Å². The van der Waals surface area contributed by atoms with Crippen molar-refractivity contribution in [2.45, 2.75) is 21.9 Å². The van der Waals surface area contributed by atoms with E-state index < -0.39 is 0 Å². The van der Waals surface area contributed by atoms with Gasteiger partial charge in [0.15, 0.2) is 0 Å². The molecule has 0 N–H and O–H groups in total. The van der Waals surface area contributed by atoms with Crippen molar-refractivity contribution < 1.29 is 13.9 Å². The highest BCUT2D eigenvalue weighted by Gasteiger charge is 2.28. The molecule has 6 nitrogen and oxygen atoms in total. The number of amides is 1. The molecular formula is C24H19N3O3S2. The zero-order valence-electron chi connectivity index (χ0n) is 17.2. The van der Waals surface area contributed by atoms with Crippen LogP contribution in [0.15, 0.2) is 92.2 Å². The van der Waals surface area contributed by atoms with Gasteiger partial charge >= 0.3 is 0 Å². The van der Waals surface area contributed by atoms with Crippen LogP contribution in [-0.4, -0.2) is 28.5 Å². The molecule has 160 valence electrons. The third-order valence-electron chi connectivity index (χ3n) is 4.82. The van der Waals surface area contributed by atoms with E-state index in [1.54, 1.807) is 16.7 Å². The molecule has 3 aromatic carbocycles. The van der Waals surface area contributed by atoms with Gasteiger partial charge in [-0.15, -0.1) is 10.2 Å².